The molecule has 0 saturated heterocycles. The number of para-hydroxylation sites is 2. The van der Waals surface area contributed by atoms with Gasteiger partial charge in [-0.1, -0.05) is 37.1 Å². The lowest BCUT2D eigenvalue weighted by Crippen LogP contribution is -2.29. The normalized spacial score (nSPS) is 12.6. The molecule has 2 aromatic carbocycles. The van der Waals surface area contributed by atoms with Crippen LogP contribution in [0.15, 0.2) is 53.5 Å². The molecule has 0 bridgehead atoms. The number of halogens is 1. The van der Waals surface area contributed by atoms with Gasteiger partial charge in [-0.05, 0) is 42.3 Å². The van der Waals surface area contributed by atoms with Crippen molar-refractivity contribution in [1.82, 2.24) is 13.7 Å². The van der Waals surface area contributed by atoms with Gasteiger partial charge in [0.25, 0.3) is 0 Å². The fourth-order valence-corrected chi connectivity index (χ4v) is 4.54. The summed E-state index contributed by atoms with van der Waals surface area (Å²) in [6.45, 7) is 2.36. The van der Waals surface area contributed by atoms with Gasteiger partial charge in [0, 0.05) is 35.2 Å². The minimum atomic E-state index is -0.905. The van der Waals surface area contributed by atoms with E-state index in [4.69, 9.17) is 11.6 Å². The van der Waals surface area contributed by atoms with Crippen LogP contribution in [0.25, 0.3) is 21.9 Å². The minimum absolute atomic E-state index is 0.0815. The first-order chi connectivity index (χ1) is 14.4. The molecule has 0 saturated carbocycles. The van der Waals surface area contributed by atoms with Crippen LogP contribution in [0.3, 0.4) is 0 Å². The number of carboxylic acid groups (broad SMARTS) is 1. The highest BCUT2D eigenvalue weighted by Gasteiger charge is 2.22. The lowest BCUT2D eigenvalue weighted by atomic mass is 10.1. The van der Waals surface area contributed by atoms with Gasteiger partial charge in [-0.25, -0.2) is 4.79 Å². The molecule has 0 aliphatic heterocycles. The summed E-state index contributed by atoms with van der Waals surface area (Å²) in [7, 11) is 1.96. The van der Waals surface area contributed by atoms with Gasteiger partial charge < -0.3 is 9.67 Å². The van der Waals surface area contributed by atoms with Gasteiger partial charge in [0.15, 0.2) is 0 Å². The summed E-state index contributed by atoms with van der Waals surface area (Å²) in [5.74, 6) is -0.905. The van der Waals surface area contributed by atoms with Gasteiger partial charge in [0.05, 0.1) is 24.0 Å². The number of hydrogen-bond donors (Lipinski definition) is 1. The monoisotopic (exact) mass is 425 g/mol. The average molecular weight is 426 g/mol. The van der Waals surface area contributed by atoms with Gasteiger partial charge in [-0.2, -0.15) is 0 Å². The van der Waals surface area contributed by atoms with E-state index in [9.17, 15) is 14.7 Å². The first-order valence-electron chi connectivity index (χ1n) is 10.1. The summed E-state index contributed by atoms with van der Waals surface area (Å²) in [5.41, 5.74) is 3.31. The van der Waals surface area contributed by atoms with Crippen LogP contribution in [0.1, 0.15) is 37.8 Å². The Morgan fingerprint density at radius 2 is 1.87 bits per heavy atom. The van der Waals surface area contributed by atoms with Crippen molar-refractivity contribution in [2.24, 2.45) is 7.05 Å². The molecule has 0 radical (unpaired) electrons. The largest absolute Gasteiger partial charge is 0.481 e. The smallest absolute Gasteiger partial charge is 0.329 e. The summed E-state index contributed by atoms with van der Waals surface area (Å²) in [4.78, 5) is 25.0. The molecule has 4 rings (SSSR count). The molecule has 0 aliphatic carbocycles. The third kappa shape index (κ3) is 3.52. The molecular weight excluding hydrogens is 402 g/mol. The van der Waals surface area contributed by atoms with Crippen LogP contribution in [0, 0.1) is 0 Å². The molecule has 4 aromatic rings. The number of rotatable bonds is 7. The standard InChI is InChI=1S/C23H24ClN3O3/c1-3-6-17(13-22(28)29)27-20-8-5-4-7-19(20)26(23(27)30)14-15-11-16(24)12-21-18(15)9-10-25(21)2/h4-5,7-12,17H,3,6,13-14H2,1-2H3,(H,28,29). The summed E-state index contributed by atoms with van der Waals surface area (Å²) in [5, 5.41) is 11.0. The van der Waals surface area contributed by atoms with Crippen molar-refractivity contribution < 1.29 is 9.90 Å². The van der Waals surface area contributed by atoms with E-state index in [0.717, 1.165) is 33.9 Å². The van der Waals surface area contributed by atoms with E-state index < -0.39 is 5.97 Å². The summed E-state index contributed by atoms with van der Waals surface area (Å²) < 4.78 is 5.37. The van der Waals surface area contributed by atoms with Crippen molar-refractivity contribution in [3.63, 3.8) is 0 Å². The Kier molecular flexibility index (Phi) is 5.43. The number of nitrogens with zero attached hydrogens (tertiary/aromatic N) is 3. The highest BCUT2D eigenvalue weighted by atomic mass is 35.5. The van der Waals surface area contributed by atoms with Gasteiger partial charge in [-0.3, -0.25) is 13.9 Å². The second-order valence-electron chi connectivity index (χ2n) is 7.69. The molecule has 2 aromatic heterocycles. The van der Waals surface area contributed by atoms with Crippen LogP contribution in [-0.2, 0) is 18.4 Å². The molecule has 1 unspecified atom stereocenters. The van der Waals surface area contributed by atoms with Crippen LogP contribution in [0.4, 0.5) is 0 Å². The van der Waals surface area contributed by atoms with E-state index in [-0.39, 0.29) is 18.2 Å². The van der Waals surface area contributed by atoms with Crippen LogP contribution in [0.5, 0.6) is 0 Å². The zero-order valence-electron chi connectivity index (χ0n) is 17.0. The third-order valence-corrected chi connectivity index (χ3v) is 5.87. The number of carboxylic acids is 1. The summed E-state index contributed by atoms with van der Waals surface area (Å²) in [6.07, 6.45) is 3.31. The molecule has 0 spiro atoms. The SMILES string of the molecule is CCCC(CC(=O)O)n1c(=O)n(Cc2cc(Cl)cc3c2ccn3C)c2ccccc21. The van der Waals surface area contributed by atoms with Gasteiger partial charge >= 0.3 is 11.7 Å². The molecule has 156 valence electrons. The fourth-order valence-electron chi connectivity index (χ4n) is 4.31. The molecule has 2 heterocycles. The molecule has 0 aliphatic rings. The summed E-state index contributed by atoms with van der Waals surface area (Å²) in [6, 6.07) is 13.0. The van der Waals surface area contributed by atoms with Crippen molar-refractivity contribution in [1.29, 1.82) is 0 Å². The number of aliphatic carboxylic acids is 1. The quantitative estimate of drug-likeness (QED) is 0.462. The maximum atomic E-state index is 13.5. The molecule has 6 nitrogen and oxygen atoms in total. The lowest BCUT2D eigenvalue weighted by molar-refractivity contribution is -0.137. The van der Waals surface area contributed by atoms with Crippen molar-refractivity contribution in [2.75, 3.05) is 0 Å². The number of fused-ring (bicyclic) bond motifs is 2. The highest BCUT2D eigenvalue weighted by Crippen LogP contribution is 2.28. The zero-order valence-corrected chi connectivity index (χ0v) is 17.8. The van der Waals surface area contributed by atoms with Gasteiger partial charge in [0.2, 0.25) is 0 Å². The molecule has 0 fully saturated rings. The lowest BCUT2D eigenvalue weighted by Gasteiger charge is -2.16. The number of carbonyl (C=O) groups is 1. The van der Waals surface area contributed by atoms with E-state index in [2.05, 4.69) is 0 Å². The summed E-state index contributed by atoms with van der Waals surface area (Å²) >= 11 is 6.36. The molecular formula is C23H24ClN3O3. The van der Waals surface area contributed by atoms with Crippen LogP contribution >= 0.6 is 11.6 Å². The number of benzene rings is 2. The second-order valence-corrected chi connectivity index (χ2v) is 8.13. The maximum Gasteiger partial charge on any atom is 0.329 e. The molecule has 0 amide bonds. The Morgan fingerprint density at radius 3 is 2.57 bits per heavy atom. The number of aryl methyl sites for hydroxylation is 1. The molecule has 30 heavy (non-hydrogen) atoms. The van der Waals surface area contributed by atoms with E-state index in [0.29, 0.717) is 18.0 Å². The number of aromatic nitrogens is 3. The van der Waals surface area contributed by atoms with E-state index >= 15 is 0 Å². The number of hydrogen-bond acceptors (Lipinski definition) is 2. The van der Waals surface area contributed by atoms with E-state index in [1.54, 1.807) is 9.13 Å². The highest BCUT2D eigenvalue weighted by molar-refractivity contribution is 6.31. The number of imidazole rings is 1. The van der Waals surface area contributed by atoms with Gasteiger partial charge in [0.1, 0.15) is 0 Å². The predicted octanol–water partition coefficient (Wildman–Crippen LogP) is 4.81. The van der Waals surface area contributed by atoms with E-state index in [1.165, 1.54) is 0 Å². The van der Waals surface area contributed by atoms with Crippen molar-refractivity contribution >= 4 is 39.5 Å². The molecule has 7 heteroatoms. The van der Waals surface area contributed by atoms with Crippen molar-refractivity contribution in [3.8, 4) is 0 Å². The second kappa shape index (κ2) is 8.03. The van der Waals surface area contributed by atoms with Crippen LogP contribution in [-0.4, -0.2) is 24.8 Å². The van der Waals surface area contributed by atoms with Crippen LogP contribution < -0.4 is 5.69 Å². The minimum Gasteiger partial charge on any atom is -0.481 e. The third-order valence-electron chi connectivity index (χ3n) is 5.65. The fraction of sp³-hybridized carbons (Fsp3) is 0.304. The Hall–Kier alpha value is -2.99. The first kappa shape index (κ1) is 20.3. The van der Waals surface area contributed by atoms with Crippen LogP contribution in [0.2, 0.25) is 5.02 Å². The van der Waals surface area contributed by atoms with Gasteiger partial charge in [-0.15, -0.1) is 0 Å². The Balaban J connectivity index is 1.90. The topological polar surface area (TPSA) is 69.2 Å². The Bertz CT molecular complexity index is 1300. The molecule has 1 N–H and O–H groups in total. The molecule has 1 atom stereocenters. The van der Waals surface area contributed by atoms with E-state index in [1.807, 2.05) is 67.2 Å². The zero-order chi connectivity index (χ0) is 21.4. The van der Waals surface area contributed by atoms with Crippen molar-refractivity contribution in [2.45, 2.75) is 38.8 Å². The first-order valence-corrected chi connectivity index (χ1v) is 10.4. The Labute approximate surface area is 178 Å². The van der Waals surface area contributed by atoms with Crippen molar-refractivity contribution in [3.05, 3.63) is 69.7 Å². The Morgan fingerprint density at radius 1 is 1.13 bits per heavy atom. The average Bonchev–Trinajstić information content (AvgIpc) is 3.19. The predicted molar refractivity (Wildman–Crippen MR) is 119 cm³/mol. The maximum absolute atomic E-state index is 13.5.